The Balaban J connectivity index is 1.93. The lowest BCUT2D eigenvalue weighted by Gasteiger charge is -2.11. The van der Waals surface area contributed by atoms with E-state index in [4.69, 9.17) is 0 Å². The second kappa shape index (κ2) is 4.55. The normalized spacial score (nSPS) is 12.9. The highest BCUT2D eigenvalue weighted by Gasteiger charge is 2.10. The van der Waals surface area contributed by atoms with Crippen molar-refractivity contribution in [3.05, 3.63) is 34.3 Å². The number of nitrogens with one attached hydrogen (secondary N) is 2. The molecule has 1 atom stereocenters. The number of aryl methyl sites for hydroxylation is 1. The van der Waals surface area contributed by atoms with Gasteiger partial charge in [0.15, 0.2) is 0 Å². The molecule has 0 aromatic carbocycles. The van der Waals surface area contributed by atoms with E-state index in [2.05, 4.69) is 27.2 Å². The van der Waals surface area contributed by atoms with E-state index in [1.807, 2.05) is 18.6 Å². The lowest BCUT2D eigenvalue weighted by molar-refractivity contribution is 0.566. The molecular formula is C10H14N4S. The molecule has 2 heterocycles. The summed E-state index contributed by atoms with van der Waals surface area (Å²) >= 11 is 1.69. The molecular weight excluding hydrogens is 208 g/mol. The van der Waals surface area contributed by atoms with Crippen LogP contribution in [0.1, 0.15) is 29.4 Å². The second-order valence-corrected chi connectivity index (χ2v) is 4.33. The van der Waals surface area contributed by atoms with Crippen LogP contribution in [-0.2, 0) is 6.54 Å². The maximum absolute atomic E-state index is 4.24. The molecule has 80 valence electrons. The molecule has 0 radical (unpaired) electrons. The molecule has 0 amide bonds. The third-order valence-electron chi connectivity index (χ3n) is 2.31. The molecule has 0 aliphatic heterocycles. The summed E-state index contributed by atoms with van der Waals surface area (Å²) in [6.07, 6.45) is 3.60. The summed E-state index contributed by atoms with van der Waals surface area (Å²) in [6.45, 7) is 4.94. The van der Waals surface area contributed by atoms with Crippen LogP contribution < -0.4 is 5.32 Å². The maximum atomic E-state index is 4.24. The van der Waals surface area contributed by atoms with Crippen molar-refractivity contribution in [2.24, 2.45) is 0 Å². The van der Waals surface area contributed by atoms with E-state index in [9.17, 15) is 0 Å². The molecule has 0 saturated carbocycles. The van der Waals surface area contributed by atoms with Gasteiger partial charge in [-0.1, -0.05) is 0 Å². The number of aromatic nitrogens is 3. The van der Waals surface area contributed by atoms with Crippen molar-refractivity contribution in [3.63, 3.8) is 0 Å². The predicted molar refractivity (Wildman–Crippen MR) is 60.7 cm³/mol. The fourth-order valence-corrected chi connectivity index (χ4v) is 2.30. The van der Waals surface area contributed by atoms with Crippen molar-refractivity contribution in [2.75, 3.05) is 0 Å². The van der Waals surface area contributed by atoms with Gasteiger partial charge in [0.25, 0.3) is 0 Å². The van der Waals surface area contributed by atoms with Gasteiger partial charge >= 0.3 is 0 Å². The van der Waals surface area contributed by atoms with E-state index < -0.39 is 0 Å². The van der Waals surface area contributed by atoms with Crippen molar-refractivity contribution in [1.82, 2.24) is 20.3 Å². The number of hydrogen-bond acceptors (Lipinski definition) is 4. The summed E-state index contributed by atoms with van der Waals surface area (Å²) in [5.41, 5.74) is 3.00. The smallest absolute Gasteiger partial charge is 0.120 e. The Morgan fingerprint density at radius 1 is 1.53 bits per heavy atom. The molecule has 5 heteroatoms. The zero-order chi connectivity index (χ0) is 10.7. The minimum Gasteiger partial charge on any atom is -0.348 e. The minimum absolute atomic E-state index is 0.322. The van der Waals surface area contributed by atoms with Gasteiger partial charge in [-0.2, -0.15) is 0 Å². The van der Waals surface area contributed by atoms with Crippen molar-refractivity contribution in [2.45, 2.75) is 26.4 Å². The Bertz CT molecular complexity index is 407. The largest absolute Gasteiger partial charge is 0.348 e. The molecule has 2 aromatic heterocycles. The monoisotopic (exact) mass is 222 g/mol. The third-order valence-corrected chi connectivity index (χ3v) is 3.42. The molecule has 0 bridgehead atoms. The van der Waals surface area contributed by atoms with Gasteiger partial charge in [-0.05, 0) is 13.8 Å². The van der Waals surface area contributed by atoms with E-state index in [-0.39, 0.29) is 0 Å². The Hall–Kier alpha value is -1.20. The first-order valence-electron chi connectivity index (χ1n) is 4.89. The van der Waals surface area contributed by atoms with Gasteiger partial charge in [-0.15, -0.1) is 11.3 Å². The second-order valence-electron chi connectivity index (χ2n) is 3.44. The zero-order valence-corrected chi connectivity index (χ0v) is 9.64. The summed E-state index contributed by atoms with van der Waals surface area (Å²) in [5.74, 6) is 0.962. The average Bonchev–Trinajstić information content (AvgIpc) is 2.84. The van der Waals surface area contributed by atoms with E-state index in [1.165, 1.54) is 4.88 Å². The highest BCUT2D eigenvalue weighted by molar-refractivity contribution is 7.09. The van der Waals surface area contributed by atoms with Crippen LogP contribution in [0.15, 0.2) is 17.9 Å². The first-order chi connectivity index (χ1) is 7.27. The van der Waals surface area contributed by atoms with Gasteiger partial charge in [0.1, 0.15) is 5.82 Å². The van der Waals surface area contributed by atoms with E-state index >= 15 is 0 Å². The van der Waals surface area contributed by atoms with Gasteiger partial charge in [0, 0.05) is 23.3 Å². The topological polar surface area (TPSA) is 53.6 Å². The van der Waals surface area contributed by atoms with E-state index in [0.29, 0.717) is 6.04 Å². The highest BCUT2D eigenvalue weighted by Crippen LogP contribution is 2.20. The molecule has 1 unspecified atom stereocenters. The average molecular weight is 222 g/mol. The maximum Gasteiger partial charge on any atom is 0.120 e. The van der Waals surface area contributed by atoms with Gasteiger partial charge in [-0.25, -0.2) is 9.97 Å². The molecule has 0 aliphatic rings. The molecule has 15 heavy (non-hydrogen) atoms. The van der Waals surface area contributed by atoms with Crippen LogP contribution in [0.2, 0.25) is 0 Å². The molecule has 0 spiro atoms. The Morgan fingerprint density at radius 3 is 3.00 bits per heavy atom. The highest BCUT2D eigenvalue weighted by atomic mass is 32.1. The first kappa shape index (κ1) is 10.3. The van der Waals surface area contributed by atoms with E-state index in [1.54, 1.807) is 17.5 Å². The zero-order valence-electron chi connectivity index (χ0n) is 8.82. The predicted octanol–water partition coefficient (Wildman–Crippen LogP) is 2.03. The molecule has 2 rings (SSSR count). The van der Waals surface area contributed by atoms with Crippen LogP contribution in [0.4, 0.5) is 0 Å². The summed E-state index contributed by atoms with van der Waals surface area (Å²) in [5, 5.41) is 3.40. The van der Waals surface area contributed by atoms with Gasteiger partial charge < -0.3 is 10.3 Å². The first-order valence-corrected chi connectivity index (χ1v) is 5.77. The fraction of sp³-hybridized carbons (Fsp3) is 0.400. The van der Waals surface area contributed by atoms with Crippen molar-refractivity contribution in [1.29, 1.82) is 0 Å². The number of rotatable bonds is 4. The van der Waals surface area contributed by atoms with Crippen molar-refractivity contribution in [3.8, 4) is 0 Å². The van der Waals surface area contributed by atoms with Crippen molar-refractivity contribution < 1.29 is 0 Å². The third kappa shape index (κ3) is 2.43. The van der Waals surface area contributed by atoms with Crippen LogP contribution in [0.3, 0.4) is 0 Å². The number of imidazole rings is 1. The fourth-order valence-electron chi connectivity index (χ4n) is 1.46. The lowest BCUT2D eigenvalue weighted by atomic mass is 10.2. The van der Waals surface area contributed by atoms with Gasteiger partial charge in [0.05, 0.1) is 17.7 Å². The van der Waals surface area contributed by atoms with E-state index in [0.717, 1.165) is 18.1 Å². The van der Waals surface area contributed by atoms with Crippen LogP contribution in [0, 0.1) is 6.92 Å². The standard InChI is InChI=1S/C10H14N4S/c1-7(10-8(2)14-6-15-10)13-5-9-11-3-4-12-9/h3-4,6-7,13H,5H2,1-2H3,(H,11,12). The Kier molecular flexibility index (Phi) is 3.13. The molecule has 0 saturated heterocycles. The SMILES string of the molecule is Cc1ncsc1C(C)NCc1ncc[nH]1. The molecule has 2 N–H and O–H groups in total. The number of nitrogens with zero attached hydrogens (tertiary/aromatic N) is 2. The summed E-state index contributed by atoms with van der Waals surface area (Å²) in [7, 11) is 0. The quantitative estimate of drug-likeness (QED) is 0.832. The molecule has 0 fully saturated rings. The molecule has 4 nitrogen and oxygen atoms in total. The van der Waals surface area contributed by atoms with Gasteiger partial charge in [0.2, 0.25) is 0 Å². The van der Waals surface area contributed by atoms with Crippen LogP contribution in [0.5, 0.6) is 0 Å². The van der Waals surface area contributed by atoms with Crippen LogP contribution >= 0.6 is 11.3 Å². The molecule has 2 aromatic rings. The Morgan fingerprint density at radius 2 is 2.40 bits per heavy atom. The lowest BCUT2D eigenvalue weighted by Crippen LogP contribution is -2.18. The molecule has 0 aliphatic carbocycles. The summed E-state index contributed by atoms with van der Waals surface area (Å²) in [6, 6.07) is 0.322. The summed E-state index contributed by atoms with van der Waals surface area (Å²) in [4.78, 5) is 12.8. The number of aromatic amines is 1. The minimum atomic E-state index is 0.322. The number of hydrogen-bond donors (Lipinski definition) is 2. The number of thiazole rings is 1. The van der Waals surface area contributed by atoms with Gasteiger partial charge in [-0.3, -0.25) is 0 Å². The number of H-pyrrole nitrogens is 1. The Labute approximate surface area is 92.8 Å². The van der Waals surface area contributed by atoms with Crippen LogP contribution in [0.25, 0.3) is 0 Å². The van der Waals surface area contributed by atoms with Crippen LogP contribution in [-0.4, -0.2) is 15.0 Å². The summed E-state index contributed by atoms with van der Waals surface area (Å²) < 4.78 is 0. The van der Waals surface area contributed by atoms with Crippen molar-refractivity contribution >= 4 is 11.3 Å².